The lowest BCUT2D eigenvalue weighted by molar-refractivity contribution is -0.162. The minimum absolute atomic E-state index is 0.0723. The number of hydrogen-bond donors (Lipinski definition) is 0. The number of hydrogen-bond acceptors (Lipinski definition) is 4. The highest BCUT2D eigenvalue weighted by Gasteiger charge is 2.29. The van der Waals surface area contributed by atoms with Crippen LogP contribution in [0.4, 0.5) is 0 Å². The van der Waals surface area contributed by atoms with E-state index in [0.717, 1.165) is 12.8 Å². The SMILES string of the molecule is COC(=O)C1CN(C(=O)CCCc2ccccc2)CCO1. The summed E-state index contributed by atoms with van der Waals surface area (Å²) in [6.07, 6.45) is 1.53. The molecule has 0 saturated carbocycles. The zero-order valence-corrected chi connectivity index (χ0v) is 12.3. The highest BCUT2D eigenvalue weighted by Crippen LogP contribution is 2.11. The van der Waals surface area contributed by atoms with Crippen LogP contribution in [0.15, 0.2) is 30.3 Å². The molecule has 1 atom stereocenters. The van der Waals surface area contributed by atoms with Crippen molar-refractivity contribution in [1.82, 2.24) is 4.90 Å². The zero-order valence-electron chi connectivity index (χ0n) is 12.3. The number of carbonyl (C=O) groups excluding carboxylic acids is 2. The van der Waals surface area contributed by atoms with Gasteiger partial charge < -0.3 is 14.4 Å². The maximum absolute atomic E-state index is 12.2. The first-order chi connectivity index (χ1) is 10.2. The zero-order chi connectivity index (χ0) is 15.1. The minimum Gasteiger partial charge on any atom is -0.467 e. The van der Waals surface area contributed by atoms with Crippen molar-refractivity contribution in [2.45, 2.75) is 25.4 Å². The molecule has 21 heavy (non-hydrogen) atoms. The van der Waals surface area contributed by atoms with Crippen LogP contribution in [0.2, 0.25) is 0 Å². The summed E-state index contributed by atoms with van der Waals surface area (Å²) >= 11 is 0. The highest BCUT2D eigenvalue weighted by atomic mass is 16.6. The molecular weight excluding hydrogens is 270 g/mol. The van der Waals surface area contributed by atoms with Crippen molar-refractivity contribution in [3.8, 4) is 0 Å². The molecule has 1 aliphatic rings. The number of esters is 1. The van der Waals surface area contributed by atoms with E-state index in [4.69, 9.17) is 4.74 Å². The minimum atomic E-state index is -0.651. The Hall–Kier alpha value is -1.88. The van der Waals surface area contributed by atoms with Crippen LogP contribution in [0.1, 0.15) is 18.4 Å². The summed E-state index contributed by atoms with van der Waals surface area (Å²) in [4.78, 5) is 25.3. The summed E-state index contributed by atoms with van der Waals surface area (Å²) in [7, 11) is 1.33. The van der Waals surface area contributed by atoms with E-state index in [0.29, 0.717) is 19.6 Å². The number of carbonyl (C=O) groups is 2. The number of benzene rings is 1. The third-order valence-electron chi connectivity index (χ3n) is 3.58. The fraction of sp³-hybridized carbons (Fsp3) is 0.500. The Balaban J connectivity index is 1.76. The third kappa shape index (κ3) is 4.56. The smallest absolute Gasteiger partial charge is 0.336 e. The van der Waals surface area contributed by atoms with Crippen LogP contribution in [-0.2, 0) is 25.5 Å². The van der Waals surface area contributed by atoms with Gasteiger partial charge in [0.2, 0.25) is 5.91 Å². The monoisotopic (exact) mass is 291 g/mol. The molecule has 1 saturated heterocycles. The Morgan fingerprint density at radius 3 is 2.81 bits per heavy atom. The van der Waals surface area contributed by atoms with Crippen molar-refractivity contribution >= 4 is 11.9 Å². The quantitative estimate of drug-likeness (QED) is 0.770. The molecule has 1 aromatic carbocycles. The van der Waals surface area contributed by atoms with Gasteiger partial charge in [0.1, 0.15) is 0 Å². The molecular formula is C16H21NO4. The van der Waals surface area contributed by atoms with E-state index in [1.807, 2.05) is 18.2 Å². The van der Waals surface area contributed by atoms with Crippen molar-refractivity contribution in [2.24, 2.45) is 0 Å². The third-order valence-corrected chi connectivity index (χ3v) is 3.58. The Morgan fingerprint density at radius 1 is 1.33 bits per heavy atom. The molecule has 5 nitrogen and oxygen atoms in total. The van der Waals surface area contributed by atoms with Crippen LogP contribution in [0.5, 0.6) is 0 Å². The molecule has 1 fully saturated rings. The van der Waals surface area contributed by atoms with Crippen molar-refractivity contribution in [1.29, 1.82) is 0 Å². The molecule has 1 heterocycles. The molecule has 2 rings (SSSR count). The number of ether oxygens (including phenoxy) is 2. The molecule has 0 spiro atoms. The average molecular weight is 291 g/mol. The Bertz CT molecular complexity index is 474. The topological polar surface area (TPSA) is 55.8 Å². The number of methoxy groups -OCH3 is 1. The van der Waals surface area contributed by atoms with Crippen molar-refractivity contribution < 1.29 is 19.1 Å². The number of morpholine rings is 1. The van der Waals surface area contributed by atoms with Gasteiger partial charge in [0, 0.05) is 13.0 Å². The molecule has 0 N–H and O–H groups in total. The summed E-state index contributed by atoms with van der Waals surface area (Å²) in [5, 5.41) is 0. The van der Waals surface area contributed by atoms with Crippen molar-refractivity contribution in [3.63, 3.8) is 0 Å². The predicted molar refractivity (Wildman–Crippen MR) is 77.7 cm³/mol. The first-order valence-electron chi connectivity index (χ1n) is 7.22. The van der Waals surface area contributed by atoms with Gasteiger partial charge in [-0.05, 0) is 18.4 Å². The fourth-order valence-electron chi connectivity index (χ4n) is 2.40. The van der Waals surface area contributed by atoms with Gasteiger partial charge >= 0.3 is 5.97 Å². The molecule has 1 amide bonds. The number of amides is 1. The second kappa shape index (κ2) is 7.78. The summed E-state index contributed by atoms with van der Waals surface area (Å²) in [6, 6.07) is 10.1. The van der Waals surface area contributed by atoms with Gasteiger partial charge in [0.15, 0.2) is 6.10 Å². The molecule has 1 aromatic rings. The number of nitrogens with zero attached hydrogens (tertiary/aromatic N) is 1. The lowest BCUT2D eigenvalue weighted by Crippen LogP contribution is -2.48. The molecule has 1 unspecified atom stereocenters. The number of rotatable bonds is 5. The molecule has 0 aromatic heterocycles. The van der Waals surface area contributed by atoms with Gasteiger partial charge in [-0.3, -0.25) is 4.79 Å². The second-order valence-electron chi connectivity index (χ2n) is 5.06. The average Bonchev–Trinajstić information content (AvgIpc) is 2.55. The van der Waals surface area contributed by atoms with Gasteiger partial charge in [-0.1, -0.05) is 30.3 Å². The van der Waals surface area contributed by atoms with Gasteiger partial charge in [0.05, 0.1) is 20.3 Å². The Morgan fingerprint density at radius 2 is 2.10 bits per heavy atom. The van der Waals surface area contributed by atoms with Crippen molar-refractivity contribution in [3.05, 3.63) is 35.9 Å². The molecule has 114 valence electrons. The Labute approximate surface area is 124 Å². The van der Waals surface area contributed by atoms with Crippen LogP contribution in [-0.4, -0.2) is 49.7 Å². The fourth-order valence-corrected chi connectivity index (χ4v) is 2.40. The van der Waals surface area contributed by atoms with Crippen LogP contribution < -0.4 is 0 Å². The predicted octanol–water partition coefficient (Wildman–Crippen LogP) is 1.41. The maximum atomic E-state index is 12.2. The van der Waals surface area contributed by atoms with Crippen LogP contribution in [0.3, 0.4) is 0 Å². The molecule has 0 bridgehead atoms. The van der Waals surface area contributed by atoms with Gasteiger partial charge in [-0.25, -0.2) is 4.79 Å². The normalized spacial score (nSPS) is 18.3. The lowest BCUT2D eigenvalue weighted by Gasteiger charge is -2.31. The second-order valence-corrected chi connectivity index (χ2v) is 5.06. The van der Waals surface area contributed by atoms with Crippen LogP contribution in [0.25, 0.3) is 0 Å². The lowest BCUT2D eigenvalue weighted by atomic mass is 10.1. The Kier molecular flexibility index (Phi) is 5.75. The molecule has 5 heteroatoms. The standard InChI is InChI=1S/C16H21NO4/c1-20-16(19)14-12-17(10-11-21-14)15(18)9-5-8-13-6-3-2-4-7-13/h2-4,6-7,14H,5,8-12H2,1H3. The largest absolute Gasteiger partial charge is 0.467 e. The van der Waals surface area contributed by atoms with E-state index in [9.17, 15) is 9.59 Å². The summed E-state index contributed by atoms with van der Waals surface area (Å²) in [6.45, 7) is 1.21. The summed E-state index contributed by atoms with van der Waals surface area (Å²) in [5.74, 6) is -0.347. The highest BCUT2D eigenvalue weighted by molar-refractivity contribution is 5.79. The van der Waals surface area contributed by atoms with E-state index in [1.165, 1.54) is 12.7 Å². The summed E-state index contributed by atoms with van der Waals surface area (Å²) < 4.78 is 9.97. The van der Waals surface area contributed by atoms with E-state index in [2.05, 4.69) is 16.9 Å². The van der Waals surface area contributed by atoms with Crippen molar-refractivity contribution in [2.75, 3.05) is 26.8 Å². The van der Waals surface area contributed by atoms with Crippen LogP contribution >= 0.6 is 0 Å². The van der Waals surface area contributed by atoms with E-state index in [1.54, 1.807) is 4.90 Å². The molecule has 0 radical (unpaired) electrons. The van der Waals surface area contributed by atoms with E-state index < -0.39 is 12.1 Å². The van der Waals surface area contributed by atoms with E-state index in [-0.39, 0.29) is 12.5 Å². The summed E-state index contributed by atoms with van der Waals surface area (Å²) in [5.41, 5.74) is 1.24. The first-order valence-corrected chi connectivity index (χ1v) is 7.22. The van der Waals surface area contributed by atoms with Gasteiger partial charge in [-0.2, -0.15) is 0 Å². The molecule has 1 aliphatic heterocycles. The van der Waals surface area contributed by atoms with E-state index >= 15 is 0 Å². The van der Waals surface area contributed by atoms with Gasteiger partial charge in [-0.15, -0.1) is 0 Å². The van der Waals surface area contributed by atoms with Gasteiger partial charge in [0.25, 0.3) is 0 Å². The van der Waals surface area contributed by atoms with Crippen LogP contribution in [0, 0.1) is 0 Å². The first kappa shape index (κ1) is 15.5. The number of aryl methyl sites for hydroxylation is 1. The molecule has 0 aliphatic carbocycles. The maximum Gasteiger partial charge on any atom is 0.336 e.